The van der Waals surface area contributed by atoms with E-state index in [1.54, 1.807) is 12.1 Å². The number of nitro groups is 1. The van der Waals surface area contributed by atoms with E-state index in [2.05, 4.69) is 0 Å². The minimum Gasteiger partial charge on any atom is -0.378 e. The van der Waals surface area contributed by atoms with Gasteiger partial charge in [0.05, 0.1) is 18.1 Å². The minimum absolute atomic E-state index is 0.120. The first-order valence-corrected chi connectivity index (χ1v) is 7.52. The van der Waals surface area contributed by atoms with E-state index in [1.165, 1.54) is 0 Å². The highest BCUT2D eigenvalue weighted by atomic mass is 16.6. The molecule has 1 heterocycles. The number of anilines is 1. The molecule has 120 valence electrons. The molecule has 1 saturated heterocycles. The van der Waals surface area contributed by atoms with Gasteiger partial charge in [-0.25, -0.2) is 0 Å². The van der Waals surface area contributed by atoms with E-state index in [4.69, 9.17) is 10.5 Å². The fourth-order valence-corrected chi connectivity index (χ4v) is 1.91. The molecule has 1 aromatic rings. The summed E-state index contributed by atoms with van der Waals surface area (Å²) in [6.07, 6.45) is 0. The van der Waals surface area contributed by atoms with E-state index < -0.39 is 0 Å². The predicted octanol–water partition coefficient (Wildman–Crippen LogP) is 2.94. The zero-order chi connectivity index (χ0) is 16.3. The van der Waals surface area contributed by atoms with Gasteiger partial charge < -0.3 is 15.4 Å². The van der Waals surface area contributed by atoms with Crippen molar-refractivity contribution in [2.45, 2.75) is 34.2 Å². The van der Waals surface area contributed by atoms with Gasteiger partial charge >= 0.3 is 0 Å². The third kappa shape index (κ3) is 5.69. The molecule has 0 radical (unpaired) electrons. The molecule has 6 nitrogen and oxygen atoms in total. The number of hydrogen-bond donors (Lipinski definition) is 1. The fraction of sp³-hybridized carbons (Fsp3) is 0.600. The van der Waals surface area contributed by atoms with Crippen molar-refractivity contribution in [3.8, 4) is 0 Å². The minimum atomic E-state index is -0.357. The van der Waals surface area contributed by atoms with Crippen LogP contribution in [0.2, 0.25) is 0 Å². The van der Waals surface area contributed by atoms with Gasteiger partial charge in [-0.3, -0.25) is 10.1 Å². The fourth-order valence-electron chi connectivity index (χ4n) is 1.91. The maximum absolute atomic E-state index is 11.0. The normalized spacial score (nSPS) is 13.5. The van der Waals surface area contributed by atoms with Gasteiger partial charge in [0.1, 0.15) is 5.69 Å². The molecule has 0 amide bonds. The van der Waals surface area contributed by atoms with Crippen LogP contribution >= 0.6 is 0 Å². The maximum Gasteiger partial charge on any atom is 0.292 e. The Hall–Kier alpha value is -1.66. The molecule has 0 unspecified atom stereocenters. The van der Waals surface area contributed by atoms with E-state index in [-0.39, 0.29) is 10.6 Å². The average Bonchev–Trinajstić information content (AvgIpc) is 2.58. The van der Waals surface area contributed by atoms with Crippen LogP contribution in [0, 0.1) is 10.1 Å². The van der Waals surface area contributed by atoms with Crippen LogP contribution in [-0.2, 0) is 11.3 Å². The first-order valence-electron chi connectivity index (χ1n) is 7.52. The summed E-state index contributed by atoms with van der Waals surface area (Å²) >= 11 is 0. The number of nitrogens with zero attached hydrogens (tertiary/aromatic N) is 2. The largest absolute Gasteiger partial charge is 0.378 e. The summed E-state index contributed by atoms with van der Waals surface area (Å²) in [5.74, 6) is 0. The molecule has 0 atom stereocenters. The quantitative estimate of drug-likeness (QED) is 0.685. The molecule has 1 aliphatic heterocycles. The van der Waals surface area contributed by atoms with E-state index in [0.29, 0.717) is 38.5 Å². The van der Waals surface area contributed by atoms with Crippen LogP contribution in [0.1, 0.15) is 33.3 Å². The second-order valence-corrected chi connectivity index (χ2v) is 3.88. The summed E-state index contributed by atoms with van der Waals surface area (Å²) in [6, 6.07) is 5.15. The van der Waals surface area contributed by atoms with Gasteiger partial charge in [-0.05, 0) is 11.6 Å². The molecule has 0 saturated carbocycles. The third-order valence-electron chi connectivity index (χ3n) is 2.82. The van der Waals surface area contributed by atoms with Crippen molar-refractivity contribution in [3.05, 3.63) is 33.9 Å². The van der Waals surface area contributed by atoms with Gasteiger partial charge in [0.25, 0.3) is 5.69 Å². The van der Waals surface area contributed by atoms with Gasteiger partial charge in [-0.15, -0.1) is 0 Å². The Bertz CT molecular complexity index is 419. The molecule has 0 spiro atoms. The number of ether oxygens (including phenoxy) is 1. The van der Waals surface area contributed by atoms with Crippen LogP contribution in [0.4, 0.5) is 11.4 Å². The Labute approximate surface area is 127 Å². The Balaban J connectivity index is 0.000000921. The SMILES string of the molecule is CC.CC.NCc1ccc(N2CCOCC2)c([N+](=O)[O-])c1. The molecular weight excluding hydrogens is 270 g/mol. The second-order valence-electron chi connectivity index (χ2n) is 3.88. The lowest BCUT2D eigenvalue weighted by molar-refractivity contribution is -0.384. The monoisotopic (exact) mass is 297 g/mol. The van der Waals surface area contributed by atoms with Crippen LogP contribution in [-0.4, -0.2) is 31.2 Å². The highest BCUT2D eigenvalue weighted by Gasteiger charge is 2.21. The van der Waals surface area contributed by atoms with Gasteiger partial charge in [-0.2, -0.15) is 0 Å². The molecule has 6 heteroatoms. The van der Waals surface area contributed by atoms with Crippen LogP contribution in [0.5, 0.6) is 0 Å². The van der Waals surface area contributed by atoms with Crippen molar-refractivity contribution in [1.29, 1.82) is 0 Å². The van der Waals surface area contributed by atoms with Gasteiger partial charge in [0, 0.05) is 25.7 Å². The number of morpholine rings is 1. The zero-order valence-electron chi connectivity index (χ0n) is 13.5. The van der Waals surface area contributed by atoms with E-state index in [9.17, 15) is 10.1 Å². The highest BCUT2D eigenvalue weighted by molar-refractivity contribution is 5.64. The predicted molar refractivity (Wildman–Crippen MR) is 86.7 cm³/mol. The van der Waals surface area contributed by atoms with Crippen molar-refractivity contribution >= 4 is 11.4 Å². The van der Waals surface area contributed by atoms with Gasteiger partial charge in [0.15, 0.2) is 0 Å². The first kappa shape index (κ1) is 19.3. The summed E-state index contributed by atoms with van der Waals surface area (Å²) in [6.45, 7) is 10.9. The molecule has 0 aromatic heterocycles. The number of hydrogen-bond acceptors (Lipinski definition) is 5. The summed E-state index contributed by atoms with van der Waals surface area (Å²) in [5, 5.41) is 11.0. The Morgan fingerprint density at radius 1 is 1.24 bits per heavy atom. The molecule has 21 heavy (non-hydrogen) atoms. The molecule has 2 N–H and O–H groups in total. The summed E-state index contributed by atoms with van der Waals surface area (Å²) < 4.78 is 5.23. The molecule has 0 bridgehead atoms. The van der Waals surface area contributed by atoms with Crippen molar-refractivity contribution in [2.24, 2.45) is 5.73 Å². The average molecular weight is 297 g/mol. The Morgan fingerprint density at radius 2 is 1.81 bits per heavy atom. The number of nitrogens with two attached hydrogens (primary N) is 1. The lowest BCUT2D eigenvalue weighted by Gasteiger charge is -2.28. The van der Waals surface area contributed by atoms with Crippen molar-refractivity contribution in [1.82, 2.24) is 0 Å². The van der Waals surface area contributed by atoms with Gasteiger partial charge in [-0.1, -0.05) is 33.8 Å². The summed E-state index contributed by atoms with van der Waals surface area (Å²) in [7, 11) is 0. The second kappa shape index (κ2) is 11.0. The first-order chi connectivity index (χ1) is 10.2. The van der Waals surface area contributed by atoms with E-state index >= 15 is 0 Å². The highest BCUT2D eigenvalue weighted by Crippen LogP contribution is 2.29. The maximum atomic E-state index is 11.0. The van der Waals surface area contributed by atoms with Crippen molar-refractivity contribution in [2.75, 3.05) is 31.2 Å². The zero-order valence-corrected chi connectivity index (χ0v) is 13.5. The van der Waals surface area contributed by atoms with Crippen molar-refractivity contribution < 1.29 is 9.66 Å². The summed E-state index contributed by atoms with van der Waals surface area (Å²) in [4.78, 5) is 12.7. The molecular formula is C15H27N3O3. The van der Waals surface area contributed by atoms with Crippen molar-refractivity contribution in [3.63, 3.8) is 0 Å². The molecule has 1 aliphatic rings. The van der Waals surface area contributed by atoms with Gasteiger partial charge in [0.2, 0.25) is 0 Å². The molecule has 2 rings (SSSR count). The molecule has 1 aromatic carbocycles. The van der Waals surface area contributed by atoms with Crippen LogP contribution in [0.25, 0.3) is 0 Å². The lowest BCUT2D eigenvalue weighted by Crippen LogP contribution is -2.36. The number of nitro benzene ring substituents is 1. The third-order valence-corrected chi connectivity index (χ3v) is 2.82. The Morgan fingerprint density at radius 3 is 2.29 bits per heavy atom. The number of rotatable bonds is 3. The van der Waals surface area contributed by atoms with E-state index in [1.807, 2.05) is 38.7 Å². The molecule has 1 fully saturated rings. The number of benzene rings is 1. The smallest absolute Gasteiger partial charge is 0.292 e. The molecule has 0 aliphatic carbocycles. The standard InChI is InChI=1S/C11H15N3O3.2C2H6/c12-8-9-1-2-10(11(7-9)14(15)16)13-3-5-17-6-4-13;2*1-2/h1-2,7H,3-6,8,12H2;2*1-2H3. The topological polar surface area (TPSA) is 81.6 Å². The van der Waals surface area contributed by atoms with Crippen LogP contribution in [0.15, 0.2) is 18.2 Å². The van der Waals surface area contributed by atoms with E-state index in [0.717, 1.165) is 5.56 Å². The Kier molecular flexibility index (Phi) is 10.2. The van der Waals surface area contributed by atoms with Crippen LogP contribution in [0.3, 0.4) is 0 Å². The summed E-state index contributed by atoms with van der Waals surface area (Å²) in [5.41, 5.74) is 7.03. The van der Waals surface area contributed by atoms with Crippen LogP contribution < -0.4 is 10.6 Å². The lowest BCUT2D eigenvalue weighted by atomic mass is 10.1.